The molecule has 0 amide bonds. The second kappa shape index (κ2) is 7.47. The molecular weight excluding hydrogens is 262 g/mol. The molecule has 0 heterocycles. The van der Waals surface area contributed by atoms with Gasteiger partial charge in [0.25, 0.3) is 0 Å². The summed E-state index contributed by atoms with van der Waals surface area (Å²) in [6, 6.07) is 6.99. The Kier molecular flexibility index (Phi) is 6.27. The van der Waals surface area contributed by atoms with E-state index in [9.17, 15) is 8.42 Å². The summed E-state index contributed by atoms with van der Waals surface area (Å²) in [5.41, 5.74) is 6.29. The Bertz CT molecular complexity index is 486. The van der Waals surface area contributed by atoms with Crippen LogP contribution in [-0.4, -0.2) is 27.5 Å². The van der Waals surface area contributed by atoms with E-state index < -0.39 is 10.0 Å². The molecule has 0 radical (unpaired) electrons. The highest BCUT2D eigenvalue weighted by Crippen LogP contribution is 2.20. The van der Waals surface area contributed by atoms with Gasteiger partial charge in [-0.1, -0.05) is 19.1 Å². The molecule has 1 aromatic rings. The number of benzene rings is 1. The van der Waals surface area contributed by atoms with E-state index in [2.05, 4.69) is 10.0 Å². The van der Waals surface area contributed by atoms with Crippen LogP contribution < -0.4 is 15.8 Å². The lowest BCUT2D eigenvalue weighted by Gasteiger charge is -2.13. The smallest absolute Gasteiger partial charge is 0.242 e. The topological polar surface area (TPSA) is 84.2 Å². The number of nitrogens with two attached hydrogens (primary N) is 1. The molecule has 0 spiro atoms. The van der Waals surface area contributed by atoms with Crippen LogP contribution in [-0.2, 0) is 10.0 Å². The number of rotatable bonds is 8. The zero-order valence-corrected chi connectivity index (χ0v) is 12.3. The van der Waals surface area contributed by atoms with E-state index >= 15 is 0 Å². The zero-order chi connectivity index (χ0) is 14.3. The van der Waals surface area contributed by atoms with Crippen LogP contribution in [0.3, 0.4) is 0 Å². The molecule has 1 aromatic carbocycles. The molecule has 5 nitrogen and oxygen atoms in total. The molecule has 0 aliphatic rings. The van der Waals surface area contributed by atoms with Gasteiger partial charge in [0, 0.05) is 19.1 Å². The quantitative estimate of drug-likeness (QED) is 0.676. The summed E-state index contributed by atoms with van der Waals surface area (Å²) in [6.07, 6.45) is 1.55. The molecule has 6 heteroatoms. The molecule has 0 aromatic heterocycles. The van der Waals surface area contributed by atoms with Crippen LogP contribution in [0, 0.1) is 0 Å². The lowest BCUT2D eigenvalue weighted by Crippen LogP contribution is -2.26. The van der Waals surface area contributed by atoms with E-state index in [1.54, 1.807) is 18.2 Å². The third-order valence-electron chi connectivity index (χ3n) is 2.63. The van der Waals surface area contributed by atoms with Gasteiger partial charge in [0.2, 0.25) is 10.0 Å². The summed E-state index contributed by atoms with van der Waals surface area (Å²) in [4.78, 5) is 0.285. The van der Waals surface area contributed by atoms with Gasteiger partial charge in [0.15, 0.2) is 0 Å². The second-order valence-corrected chi connectivity index (χ2v) is 6.32. The third-order valence-corrected chi connectivity index (χ3v) is 4.15. The van der Waals surface area contributed by atoms with Gasteiger partial charge in [-0.15, -0.1) is 0 Å². The minimum absolute atomic E-state index is 0.0921. The normalized spacial score (nSPS) is 13.2. The van der Waals surface area contributed by atoms with Crippen LogP contribution in [0.1, 0.15) is 26.7 Å². The molecule has 0 aliphatic carbocycles. The number of anilines is 1. The van der Waals surface area contributed by atoms with E-state index in [1.807, 2.05) is 19.9 Å². The van der Waals surface area contributed by atoms with Crippen LogP contribution in [0.2, 0.25) is 0 Å². The molecular formula is C13H23N3O2S. The Morgan fingerprint density at radius 2 is 1.95 bits per heavy atom. The first-order valence-electron chi connectivity index (χ1n) is 6.55. The van der Waals surface area contributed by atoms with E-state index in [4.69, 9.17) is 5.73 Å². The van der Waals surface area contributed by atoms with Gasteiger partial charge >= 0.3 is 0 Å². The summed E-state index contributed by atoms with van der Waals surface area (Å²) < 4.78 is 26.8. The fraction of sp³-hybridized carbons (Fsp3) is 0.538. The molecule has 4 N–H and O–H groups in total. The first kappa shape index (κ1) is 15.9. The van der Waals surface area contributed by atoms with Crippen molar-refractivity contribution in [1.29, 1.82) is 0 Å². The van der Waals surface area contributed by atoms with Gasteiger partial charge in [-0.2, -0.15) is 0 Å². The van der Waals surface area contributed by atoms with Crippen LogP contribution >= 0.6 is 0 Å². The van der Waals surface area contributed by atoms with Gasteiger partial charge in [0.05, 0.1) is 5.69 Å². The van der Waals surface area contributed by atoms with Crippen molar-refractivity contribution >= 4 is 15.7 Å². The fourth-order valence-corrected chi connectivity index (χ4v) is 2.91. The molecule has 0 saturated heterocycles. The molecule has 1 atom stereocenters. The number of para-hydroxylation sites is 1. The van der Waals surface area contributed by atoms with Gasteiger partial charge in [0.1, 0.15) is 4.90 Å². The summed E-state index contributed by atoms with van der Waals surface area (Å²) in [5, 5.41) is 3.13. The number of nitrogens with one attached hydrogen (secondary N) is 2. The average Bonchev–Trinajstić information content (AvgIpc) is 2.36. The first-order valence-corrected chi connectivity index (χ1v) is 8.04. The van der Waals surface area contributed by atoms with E-state index in [-0.39, 0.29) is 10.9 Å². The average molecular weight is 285 g/mol. The highest BCUT2D eigenvalue weighted by atomic mass is 32.2. The fourth-order valence-electron chi connectivity index (χ4n) is 1.60. The van der Waals surface area contributed by atoms with Crippen molar-refractivity contribution in [2.45, 2.75) is 37.6 Å². The van der Waals surface area contributed by atoms with Crippen molar-refractivity contribution in [3.63, 3.8) is 0 Å². The summed E-state index contributed by atoms with van der Waals surface area (Å²) in [6.45, 7) is 4.94. The van der Waals surface area contributed by atoms with Gasteiger partial charge in [-0.3, -0.25) is 0 Å². The van der Waals surface area contributed by atoms with Crippen molar-refractivity contribution in [2.24, 2.45) is 5.73 Å². The van der Waals surface area contributed by atoms with Crippen LogP contribution in [0.5, 0.6) is 0 Å². The molecule has 0 saturated carbocycles. The standard InChI is InChI=1S/C13H23N3O2S/c1-3-9-16-19(17,18)13-7-5-4-6-12(13)15-10-8-11(2)14/h4-7,11,15-16H,3,8-10,14H2,1-2H3. The second-order valence-electron chi connectivity index (χ2n) is 4.59. The molecule has 0 aliphatic heterocycles. The van der Waals surface area contributed by atoms with E-state index in [0.717, 1.165) is 12.8 Å². The predicted molar refractivity (Wildman–Crippen MR) is 78.7 cm³/mol. The molecule has 1 rings (SSSR count). The van der Waals surface area contributed by atoms with Crippen molar-refractivity contribution in [3.05, 3.63) is 24.3 Å². The number of hydrogen-bond acceptors (Lipinski definition) is 4. The maximum absolute atomic E-state index is 12.1. The Morgan fingerprint density at radius 3 is 2.58 bits per heavy atom. The van der Waals surface area contributed by atoms with E-state index in [0.29, 0.717) is 18.8 Å². The Balaban J connectivity index is 2.83. The predicted octanol–water partition coefficient (Wildman–Crippen LogP) is 1.52. The van der Waals surface area contributed by atoms with Gasteiger partial charge in [-0.25, -0.2) is 13.1 Å². The van der Waals surface area contributed by atoms with Crippen molar-refractivity contribution < 1.29 is 8.42 Å². The van der Waals surface area contributed by atoms with Gasteiger partial charge < -0.3 is 11.1 Å². The first-order chi connectivity index (χ1) is 8.97. The summed E-state index contributed by atoms with van der Waals surface area (Å²) >= 11 is 0. The Labute approximate surface area is 115 Å². The van der Waals surface area contributed by atoms with Crippen molar-refractivity contribution in [2.75, 3.05) is 18.4 Å². The van der Waals surface area contributed by atoms with Crippen LogP contribution in [0.25, 0.3) is 0 Å². The van der Waals surface area contributed by atoms with E-state index in [1.165, 1.54) is 0 Å². The monoisotopic (exact) mass is 285 g/mol. The zero-order valence-electron chi connectivity index (χ0n) is 11.5. The number of sulfonamides is 1. The third kappa shape index (κ3) is 5.18. The molecule has 19 heavy (non-hydrogen) atoms. The molecule has 0 fully saturated rings. The summed E-state index contributed by atoms with van der Waals surface area (Å²) in [5.74, 6) is 0. The maximum Gasteiger partial charge on any atom is 0.242 e. The van der Waals surface area contributed by atoms with Crippen LogP contribution in [0.4, 0.5) is 5.69 Å². The van der Waals surface area contributed by atoms with Crippen LogP contribution in [0.15, 0.2) is 29.2 Å². The Morgan fingerprint density at radius 1 is 1.26 bits per heavy atom. The number of hydrogen-bond donors (Lipinski definition) is 3. The minimum atomic E-state index is -3.45. The van der Waals surface area contributed by atoms with Gasteiger partial charge in [-0.05, 0) is 31.9 Å². The van der Waals surface area contributed by atoms with Crippen molar-refractivity contribution in [1.82, 2.24) is 4.72 Å². The lowest BCUT2D eigenvalue weighted by molar-refractivity contribution is 0.581. The highest BCUT2D eigenvalue weighted by Gasteiger charge is 2.16. The Hall–Kier alpha value is -1.11. The lowest BCUT2D eigenvalue weighted by atomic mass is 10.2. The SMILES string of the molecule is CCCNS(=O)(=O)c1ccccc1NCCC(C)N. The highest BCUT2D eigenvalue weighted by molar-refractivity contribution is 7.89. The summed E-state index contributed by atoms with van der Waals surface area (Å²) in [7, 11) is -3.45. The minimum Gasteiger partial charge on any atom is -0.384 e. The maximum atomic E-state index is 12.1. The molecule has 108 valence electrons. The van der Waals surface area contributed by atoms with Crippen molar-refractivity contribution in [3.8, 4) is 0 Å². The molecule has 0 bridgehead atoms. The largest absolute Gasteiger partial charge is 0.384 e. The molecule has 1 unspecified atom stereocenters.